The van der Waals surface area contributed by atoms with E-state index in [1.54, 1.807) is 17.6 Å². The molecule has 3 aromatic rings. The number of carbonyl (C=O) groups is 1. The second kappa shape index (κ2) is 7.37. The number of anilines is 1. The Morgan fingerprint density at radius 2 is 2.16 bits per heavy atom. The van der Waals surface area contributed by atoms with Crippen LogP contribution in [-0.2, 0) is 6.54 Å². The molecule has 2 heterocycles. The summed E-state index contributed by atoms with van der Waals surface area (Å²) in [5.74, 6) is -0.374. The highest BCUT2D eigenvalue weighted by molar-refractivity contribution is 7.13. The number of nitrogens with one attached hydrogen (secondary N) is 1. The SMILES string of the molecule is CC(C)c1cc(C(=O)Nc2nccs2)n(Cc2cc(F)cc(Cl)c2)c1. The minimum atomic E-state index is -0.396. The zero-order valence-corrected chi connectivity index (χ0v) is 15.4. The van der Waals surface area contributed by atoms with E-state index in [1.807, 2.05) is 16.8 Å². The van der Waals surface area contributed by atoms with Gasteiger partial charge in [0.25, 0.3) is 5.91 Å². The summed E-state index contributed by atoms with van der Waals surface area (Å²) >= 11 is 7.29. The highest BCUT2D eigenvalue weighted by atomic mass is 35.5. The summed E-state index contributed by atoms with van der Waals surface area (Å²) in [7, 11) is 0. The van der Waals surface area contributed by atoms with Crippen LogP contribution in [0.25, 0.3) is 0 Å². The lowest BCUT2D eigenvalue weighted by atomic mass is 10.1. The molecule has 0 aliphatic carbocycles. The van der Waals surface area contributed by atoms with E-state index in [4.69, 9.17) is 11.6 Å². The van der Waals surface area contributed by atoms with Gasteiger partial charge in [-0.25, -0.2) is 9.37 Å². The number of aromatic nitrogens is 2. The molecule has 0 atom stereocenters. The highest BCUT2D eigenvalue weighted by Gasteiger charge is 2.17. The second-order valence-electron chi connectivity index (χ2n) is 6.01. The number of amides is 1. The van der Waals surface area contributed by atoms with E-state index in [9.17, 15) is 9.18 Å². The predicted molar refractivity (Wildman–Crippen MR) is 99.1 cm³/mol. The fraction of sp³-hybridized carbons (Fsp3) is 0.222. The molecule has 25 heavy (non-hydrogen) atoms. The van der Waals surface area contributed by atoms with Crippen LogP contribution in [-0.4, -0.2) is 15.5 Å². The Morgan fingerprint density at radius 1 is 1.36 bits per heavy atom. The minimum absolute atomic E-state index is 0.246. The molecule has 4 nitrogen and oxygen atoms in total. The van der Waals surface area contributed by atoms with Gasteiger partial charge in [0.1, 0.15) is 11.5 Å². The average Bonchev–Trinajstić information content (AvgIpc) is 3.15. The molecule has 0 unspecified atom stereocenters. The molecule has 1 N–H and O–H groups in total. The molecule has 0 aliphatic heterocycles. The first-order valence-corrected chi connectivity index (χ1v) is 9.04. The quantitative estimate of drug-likeness (QED) is 0.667. The first-order chi connectivity index (χ1) is 11.9. The first-order valence-electron chi connectivity index (χ1n) is 7.78. The topological polar surface area (TPSA) is 46.9 Å². The molecule has 0 saturated heterocycles. The van der Waals surface area contributed by atoms with Gasteiger partial charge in [0.2, 0.25) is 0 Å². The van der Waals surface area contributed by atoms with E-state index in [0.29, 0.717) is 28.0 Å². The van der Waals surface area contributed by atoms with Gasteiger partial charge in [0, 0.05) is 29.3 Å². The summed E-state index contributed by atoms with van der Waals surface area (Å²) in [6, 6.07) is 6.23. The van der Waals surface area contributed by atoms with Crippen LogP contribution < -0.4 is 5.32 Å². The molecule has 2 aromatic heterocycles. The molecule has 1 aromatic carbocycles. The van der Waals surface area contributed by atoms with Gasteiger partial charge >= 0.3 is 0 Å². The van der Waals surface area contributed by atoms with Gasteiger partial charge in [-0.15, -0.1) is 11.3 Å². The first kappa shape index (κ1) is 17.6. The molecule has 130 valence electrons. The molecular formula is C18H17ClFN3OS. The number of benzene rings is 1. The van der Waals surface area contributed by atoms with Gasteiger partial charge < -0.3 is 4.57 Å². The zero-order chi connectivity index (χ0) is 18.0. The lowest BCUT2D eigenvalue weighted by molar-refractivity contribution is 0.101. The standard InChI is InChI=1S/C18H17ClFN3OS/c1-11(2)13-7-16(17(24)22-18-21-3-4-25-18)23(10-13)9-12-5-14(19)8-15(20)6-12/h3-8,10-11H,9H2,1-2H3,(H,21,22,24). The maximum Gasteiger partial charge on any atom is 0.274 e. The van der Waals surface area contributed by atoms with Crippen molar-refractivity contribution in [3.63, 3.8) is 0 Å². The molecule has 3 rings (SSSR count). The molecule has 0 spiro atoms. The van der Waals surface area contributed by atoms with Gasteiger partial charge in [-0.3, -0.25) is 10.1 Å². The summed E-state index contributed by atoms with van der Waals surface area (Å²) in [6.45, 7) is 4.47. The lowest BCUT2D eigenvalue weighted by Gasteiger charge is -2.09. The monoisotopic (exact) mass is 377 g/mol. The van der Waals surface area contributed by atoms with Crippen molar-refractivity contribution in [3.8, 4) is 0 Å². The summed E-state index contributed by atoms with van der Waals surface area (Å²) in [5, 5.41) is 5.45. The lowest BCUT2D eigenvalue weighted by Crippen LogP contribution is -2.17. The van der Waals surface area contributed by atoms with Crippen molar-refractivity contribution in [3.05, 3.63) is 69.7 Å². The molecule has 0 bridgehead atoms. The second-order valence-corrected chi connectivity index (χ2v) is 7.34. The highest BCUT2D eigenvalue weighted by Crippen LogP contribution is 2.22. The maximum absolute atomic E-state index is 13.6. The third-order valence-corrected chi connectivity index (χ3v) is 4.65. The van der Waals surface area contributed by atoms with E-state index in [0.717, 1.165) is 5.56 Å². The predicted octanol–water partition coefficient (Wildman–Crippen LogP) is 5.16. The van der Waals surface area contributed by atoms with E-state index >= 15 is 0 Å². The van der Waals surface area contributed by atoms with Crippen molar-refractivity contribution in [2.24, 2.45) is 0 Å². The van der Waals surface area contributed by atoms with E-state index in [-0.39, 0.29) is 11.8 Å². The van der Waals surface area contributed by atoms with Gasteiger partial charge in [-0.05, 0) is 41.3 Å². The summed E-state index contributed by atoms with van der Waals surface area (Å²) in [5.41, 5.74) is 2.23. The van der Waals surface area contributed by atoms with Crippen molar-refractivity contribution >= 4 is 34.0 Å². The molecule has 0 aliphatic rings. The Balaban J connectivity index is 1.92. The Kier molecular flexibility index (Phi) is 5.20. The van der Waals surface area contributed by atoms with Crippen molar-refractivity contribution in [1.29, 1.82) is 0 Å². The van der Waals surface area contributed by atoms with Crippen LogP contribution in [0.5, 0.6) is 0 Å². The van der Waals surface area contributed by atoms with Crippen LogP contribution in [0, 0.1) is 5.82 Å². The van der Waals surface area contributed by atoms with Crippen LogP contribution in [0.2, 0.25) is 5.02 Å². The van der Waals surface area contributed by atoms with Crippen molar-refractivity contribution in [1.82, 2.24) is 9.55 Å². The van der Waals surface area contributed by atoms with Crippen LogP contribution in [0.4, 0.5) is 9.52 Å². The normalized spacial score (nSPS) is 11.1. The molecular weight excluding hydrogens is 361 g/mol. The number of nitrogens with zero attached hydrogens (tertiary/aromatic N) is 2. The van der Waals surface area contributed by atoms with Crippen molar-refractivity contribution in [2.45, 2.75) is 26.3 Å². The van der Waals surface area contributed by atoms with Crippen LogP contribution in [0.15, 0.2) is 42.0 Å². The Bertz CT molecular complexity index is 870. The van der Waals surface area contributed by atoms with Gasteiger partial charge in [0.05, 0.1) is 0 Å². The Hall–Kier alpha value is -2.18. The molecule has 0 radical (unpaired) electrons. The fourth-order valence-corrected chi connectivity index (χ4v) is 3.28. The van der Waals surface area contributed by atoms with Gasteiger partial charge in [-0.2, -0.15) is 0 Å². The molecule has 0 saturated carbocycles. The number of hydrogen-bond donors (Lipinski definition) is 1. The summed E-state index contributed by atoms with van der Waals surface area (Å²) in [6.07, 6.45) is 3.55. The van der Waals surface area contributed by atoms with Crippen LogP contribution >= 0.6 is 22.9 Å². The number of hydrogen-bond acceptors (Lipinski definition) is 3. The maximum atomic E-state index is 13.6. The molecule has 0 fully saturated rings. The van der Waals surface area contributed by atoms with Crippen LogP contribution in [0.3, 0.4) is 0 Å². The third-order valence-electron chi connectivity index (χ3n) is 3.75. The van der Waals surface area contributed by atoms with E-state index in [1.165, 1.54) is 23.5 Å². The molecule has 7 heteroatoms. The van der Waals surface area contributed by atoms with E-state index < -0.39 is 5.82 Å². The van der Waals surface area contributed by atoms with Gasteiger partial charge in [-0.1, -0.05) is 25.4 Å². The Labute approximate surface area is 154 Å². The smallest absolute Gasteiger partial charge is 0.274 e. The van der Waals surface area contributed by atoms with Gasteiger partial charge in [0.15, 0.2) is 5.13 Å². The number of carbonyl (C=O) groups excluding carboxylic acids is 1. The Morgan fingerprint density at radius 3 is 2.80 bits per heavy atom. The van der Waals surface area contributed by atoms with Crippen molar-refractivity contribution < 1.29 is 9.18 Å². The summed E-state index contributed by atoms with van der Waals surface area (Å²) in [4.78, 5) is 16.7. The van der Waals surface area contributed by atoms with E-state index in [2.05, 4.69) is 24.1 Å². The zero-order valence-electron chi connectivity index (χ0n) is 13.8. The number of halogens is 2. The minimum Gasteiger partial charge on any atom is -0.339 e. The number of thiazole rings is 1. The third kappa shape index (κ3) is 4.27. The largest absolute Gasteiger partial charge is 0.339 e. The fourth-order valence-electron chi connectivity index (χ4n) is 2.52. The average molecular weight is 378 g/mol. The molecule has 1 amide bonds. The summed E-state index contributed by atoms with van der Waals surface area (Å²) < 4.78 is 15.4. The van der Waals surface area contributed by atoms with Crippen molar-refractivity contribution in [2.75, 3.05) is 5.32 Å². The number of rotatable bonds is 5. The van der Waals surface area contributed by atoms with Crippen LogP contribution in [0.1, 0.15) is 41.4 Å².